The number of aromatic amines is 1. The molecule has 8 heteroatoms. The molecule has 0 saturated carbocycles. The summed E-state index contributed by atoms with van der Waals surface area (Å²) in [5, 5.41) is 2.16. The summed E-state index contributed by atoms with van der Waals surface area (Å²) in [5.74, 6) is 0.533. The molecule has 0 saturated heterocycles. The van der Waals surface area contributed by atoms with Crippen molar-refractivity contribution in [2.45, 2.75) is 12.8 Å². The maximum Gasteiger partial charge on any atom is 0.245 e. The number of anilines is 2. The van der Waals surface area contributed by atoms with Gasteiger partial charge in [0.25, 0.3) is 0 Å². The zero-order valence-corrected chi connectivity index (χ0v) is 16.3. The number of Topliss-reactive ketones (excluding diaryl/α,β-unsaturated/α-hetero) is 1. The van der Waals surface area contributed by atoms with E-state index in [2.05, 4.69) is 30.9 Å². The number of hydrogen-bond acceptors (Lipinski definition) is 7. The summed E-state index contributed by atoms with van der Waals surface area (Å²) in [5.41, 5.74) is 8.56. The van der Waals surface area contributed by atoms with Gasteiger partial charge < -0.3 is 20.4 Å². The highest BCUT2D eigenvalue weighted by atomic mass is 16.5. The van der Waals surface area contributed by atoms with Gasteiger partial charge in [-0.25, -0.2) is 4.98 Å². The van der Waals surface area contributed by atoms with Gasteiger partial charge in [0.1, 0.15) is 5.52 Å². The van der Waals surface area contributed by atoms with E-state index in [4.69, 9.17) is 10.5 Å². The number of ketones is 1. The molecule has 0 fully saturated rings. The van der Waals surface area contributed by atoms with Crippen molar-refractivity contribution < 1.29 is 9.53 Å². The Hall–Kier alpha value is -3.68. The fourth-order valence-electron chi connectivity index (χ4n) is 3.16. The SMILES string of the molecule is CN(C)c1ccc2cc(C(=O)CCCOc3nc(N)nc4nc[nH]c34)ccc2c1. The summed E-state index contributed by atoms with van der Waals surface area (Å²) >= 11 is 0. The van der Waals surface area contributed by atoms with Crippen LogP contribution in [0.4, 0.5) is 11.6 Å². The van der Waals surface area contributed by atoms with Gasteiger partial charge in [0.15, 0.2) is 11.4 Å². The number of H-pyrrole nitrogens is 1. The number of rotatable bonds is 7. The number of carbonyl (C=O) groups excluding carboxylic acids is 1. The van der Waals surface area contributed by atoms with Crippen LogP contribution in [-0.2, 0) is 0 Å². The molecule has 0 aliphatic rings. The average molecular weight is 390 g/mol. The number of benzene rings is 2. The molecule has 0 bridgehead atoms. The lowest BCUT2D eigenvalue weighted by Crippen LogP contribution is -2.08. The molecule has 2 aromatic carbocycles. The molecule has 0 aliphatic heterocycles. The lowest BCUT2D eigenvalue weighted by atomic mass is 10.0. The van der Waals surface area contributed by atoms with Gasteiger partial charge in [0, 0.05) is 31.8 Å². The van der Waals surface area contributed by atoms with E-state index < -0.39 is 0 Å². The minimum atomic E-state index is 0.0843. The number of imidazole rings is 1. The first-order valence-electron chi connectivity index (χ1n) is 9.35. The van der Waals surface area contributed by atoms with Gasteiger partial charge >= 0.3 is 0 Å². The van der Waals surface area contributed by atoms with Crippen LogP contribution < -0.4 is 15.4 Å². The van der Waals surface area contributed by atoms with E-state index in [0.717, 1.165) is 16.5 Å². The number of nitrogens with one attached hydrogen (secondary N) is 1. The number of carbonyl (C=O) groups is 1. The Bertz CT molecular complexity index is 1180. The third-order valence-corrected chi connectivity index (χ3v) is 4.72. The maximum atomic E-state index is 12.6. The molecular formula is C21H22N6O2. The van der Waals surface area contributed by atoms with Crippen LogP contribution in [0.15, 0.2) is 42.7 Å². The van der Waals surface area contributed by atoms with Gasteiger partial charge in [0.05, 0.1) is 12.9 Å². The minimum Gasteiger partial charge on any atom is -0.476 e. The summed E-state index contributed by atoms with van der Waals surface area (Å²) in [6.45, 7) is 0.343. The predicted octanol–water partition coefficient (Wildman–Crippen LogP) is 3.20. The van der Waals surface area contributed by atoms with Crippen LogP contribution in [0.2, 0.25) is 0 Å². The fourth-order valence-corrected chi connectivity index (χ4v) is 3.16. The zero-order valence-electron chi connectivity index (χ0n) is 16.3. The second-order valence-electron chi connectivity index (χ2n) is 7.00. The Labute approximate surface area is 167 Å². The van der Waals surface area contributed by atoms with Crippen LogP contribution in [-0.4, -0.2) is 46.4 Å². The number of aromatic nitrogens is 4. The van der Waals surface area contributed by atoms with E-state index in [9.17, 15) is 4.79 Å². The Kier molecular flexibility index (Phi) is 4.99. The standard InChI is InChI=1S/C21H22N6O2/c1-27(2)16-8-7-13-10-15(6-5-14(13)11-16)17(28)4-3-9-29-20-18-19(24-12-23-18)25-21(22)26-20/h5-8,10-12H,3-4,9H2,1-2H3,(H3,22,23,24,25,26). The second-order valence-corrected chi connectivity index (χ2v) is 7.00. The van der Waals surface area contributed by atoms with Gasteiger partial charge in [-0.1, -0.05) is 18.2 Å². The van der Waals surface area contributed by atoms with E-state index in [1.807, 2.05) is 44.4 Å². The summed E-state index contributed by atoms with van der Waals surface area (Å²) in [6, 6.07) is 12.0. The summed E-state index contributed by atoms with van der Waals surface area (Å²) in [7, 11) is 4.02. The van der Waals surface area contributed by atoms with Crippen LogP contribution >= 0.6 is 0 Å². The molecule has 0 radical (unpaired) electrons. The quantitative estimate of drug-likeness (QED) is 0.368. The first kappa shape index (κ1) is 18.7. The predicted molar refractivity (Wildman–Crippen MR) is 113 cm³/mol. The number of nitrogen functional groups attached to an aromatic ring is 1. The molecule has 2 aromatic heterocycles. The minimum absolute atomic E-state index is 0.0843. The Morgan fingerprint density at radius 3 is 2.76 bits per heavy atom. The molecule has 0 aliphatic carbocycles. The highest BCUT2D eigenvalue weighted by Crippen LogP contribution is 2.23. The summed E-state index contributed by atoms with van der Waals surface area (Å²) in [4.78, 5) is 29.7. The largest absolute Gasteiger partial charge is 0.476 e. The number of fused-ring (bicyclic) bond motifs is 2. The van der Waals surface area contributed by atoms with Crippen molar-refractivity contribution in [3.05, 3.63) is 48.3 Å². The molecule has 0 unspecified atom stereocenters. The molecule has 0 atom stereocenters. The Morgan fingerprint density at radius 1 is 1.14 bits per heavy atom. The van der Waals surface area contributed by atoms with Crippen molar-refractivity contribution in [1.29, 1.82) is 0 Å². The average Bonchev–Trinajstić information content (AvgIpc) is 3.18. The van der Waals surface area contributed by atoms with Gasteiger partial charge in [-0.15, -0.1) is 0 Å². The normalized spacial score (nSPS) is 11.1. The molecule has 2 heterocycles. The van der Waals surface area contributed by atoms with Crippen molar-refractivity contribution in [3.8, 4) is 5.88 Å². The van der Waals surface area contributed by atoms with Gasteiger partial charge in [-0.05, 0) is 35.4 Å². The van der Waals surface area contributed by atoms with E-state index in [-0.39, 0.29) is 11.7 Å². The molecule has 0 amide bonds. The van der Waals surface area contributed by atoms with Crippen molar-refractivity contribution in [3.63, 3.8) is 0 Å². The van der Waals surface area contributed by atoms with Crippen molar-refractivity contribution in [1.82, 2.24) is 19.9 Å². The topological polar surface area (TPSA) is 110 Å². The highest BCUT2D eigenvalue weighted by Gasteiger charge is 2.11. The van der Waals surface area contributed by atoms with Crippen LogP contribution in [0.3, 0.4) is 0 Å². The number of ether oxygens (including phenoxy) is 1. The van der Waals surface area contributed by atoms with Crippen molar-refractivity contribution >= 4 is 39.4 Å². The molecule has 0 spiro atoms. The number of nitrogens with two attached hydrogens (primary N) is 1. The third-order valence-electron chi connectivity index (χ3n) is 4.72. The zero-order chi connectivity index (χ0) is 20.4. The monoisotopic (exact) mass is 390 g/mol. The molecule has 29 heavy (non-hydrogen) atoms. The Morgan fingerprint density at radius 2 is 1.93 bits per heavy atom. The lowest BCUT2D eigenvalue weighted by molar-refractivity contribution is 0.0973. The molecular weight excluding hydrogens is 368 g/mol. The number of nitrogens with zero attached hydrogens (tertiary/aromatic N) is 4. The van der Waals surface area contributed by atoms with Crippen molar-refractivity contribution in [2.75, 3.05) is 31.3 Å². The molecule has 4 aromatic rings. The maximum absolute atomic E-state index is 12.6. The lowest BCUT2D eigenvalue weighted by Gasteiger charge is -2.13. The summed E-state index contributed by atoms with van der Waals surface area (Å²) < 4.78 is 5.69. The molecule has 3 N–H and O–H groups in total. The van der Waals surface area contributed by atoms with E-state index in [0.29, 0.717) is 42.1 Å². The number of hydrogen-bond donors (Lipinski definition) is 2. The highest BCUT2D eigenvalue weighted by molar-refractivity contribution is 6.00. The van der Waals surface area contributed by atoms with Gasteiger partial charge in [-0.3, -0.25) is 4.79 Å². The van der Waals surface area contributed by atoms with Crippen LogP contribution in [0.5, 0.6) is 5.88 Å². The van der Waals surface area contributed by atoms with Gasteiger partial charge in [0.2, 0.25) is 11.8 Å². The molecule has 148 valence electrons. The Balaban J connectivity index is 1.38. The van der Waals surface area contributed by atoms with Crippen LogP contribution in [0, 0.1) is 0 Å². The summed E-state index contributed by atoms with van der Waals surface area (Å²) in [6.07, 6.45) is 2.46. The third kappa shape index (κ3) is 3.96. The second kappa shape index (κ2) is 7.75. The van der Waals surface area contributed by atoms with Gasteiger partial charge in [-0.2, -0.15) is 9.97 Å². The first-order valence-corrected chi connectivity index (χ1v) is 9.35. The van der Waals surface area contributed by atoms with Crippen LogP contribution in [0.1, 0.15) is 23.2 Å². The van der Waals surface area contributed by atoms with E-state index in [1.54, 1.807) is 0 Å². The molecule has 8 nitrogen and oxygen atoms in total. The fraction of sp³-hybridized carbons (Fsp3) is 0.238. The van der Waals surface area contributed by atoms with E-state index in [1.165, 1.54) is 6.33 Å². The van der Waals surface area contributed by atoms with Crippen molar-refractivity contribution in [2.24, 2.45) is 0 Å². The first-order chi connectivity index (χ1) is 14.0. The van der Waals surface area contributed by atoms with E-state index >= 15 is 0 Å². The molecule has 4 rings (SSSR count). The smallest absolute Gasteiger partial charge is 0.245 e. The van der Waals surface area contributed by atoms with Crippen LogP contribution in [0.25, 0.3) is 21.9 Å².